The molecule has 1 aromatic heterocycles. The van der Waals surface area contributed by atoms with Gasteiger partial charge in [-0.1, -0.05) is 0 Å². The Balaban J connectivity index is 0.00000121. The van der Waals surface area contributed by atoms with Crippen LogP contribution in [0.5, 0.6) is 5.75 Å². The van der Waals surface area contributed by atoms with Crippen LogP contribution in [-0.4, -0.2) is 12.2 Å². The summed E-state index contributed by atoms with van der Waals surface area (Å²) in [6.07, 6.45) is 1.04. The minimum absolute atomic E-state index is 0. The van der Waals surface area contributed by atoms with Crippen LogP contribution in [0.25, 0.3) is 0 Å². The average Bonchev–Trinajstić information content (AvgIpc) is 1.98. The van der Waals surface area contributed by atoms with E-state index in [9.17, 15) is 4.79 Å². The van der Waals surface area contributed by atoms with Crippen LogP contribution in [0.2, 0.25) is 0 Å². The molecule has 0 aliphatic heterocycles. The van der Waals surface area contributed by atoms with Gasteiger partial charge < -0.3 is 14.8 Å². The lowest BCUT2D eigenvalue weighted by Crippen LogP contribution is -2.08. The fraction of sp³-hybridized carbons (Fsp3) is 0.286. The highest BCUT2D eigenvalue weighted by Crippen LogP contribution is 2.02. The van der Waals surface area contributed by atoms with E-state index in [2.05, 4.69) is 5.32 Å². The Bertz CT molecular complexity index is 297. The molecule has 0 unspecified atom stereocenters. The minimum Gasteiger partial charge on any atom is -0.502 e. The maximum absolute atomic E-state index is 10.8. The summed E-state index contributed by atoms with van der Waals surface area (Å²) in [5.74, 6) is 0.153. The Kier molecular flexibility index (Phi) is 4.61. The fourth-order valence-corrected chi connectivity index (χ4v) is 0.711. The lowest BCUT2D eigenvalue weighted by molar-refractivity contribution is 0.409. The van der Waals surface area contributed by atoms with E-state index < -0.39 is 5.43 Å². The van der Waals surface area contributed by atoms with Crippen molar-refractivity contribution in [3.8, 4) is 5.75 Å². The molecule has 0 amide bonds. The summed E-state index contributed by atoms with van der Waals surface area (Å²) in [5, 5.41) is 11.6. The maximum Gasteiger partial charge on any atom is 0.226 e. The van der Waals surface area contributed by atoms with Crippen molar-refractivity contribution in [3.63, 3.8) is 0 Å². The first-order valence-corrected chi connectivity index (χ1v) is 3.19. The Morgan fingerprint density at radius 2 is 2.33 bits per heavy atom. The zero-order valence-corrected chi connectivity index (χ0v) is 8.25. The van der Waals surface area contributed by atoms with Gasteiger partial charge in [0, 0.05) is 6.07 Å². The number of aromatic hydroxyl groups is 1. The van der Waals surface area contributed by atoms with E-state index in [1.54, 1.807) is 7.05 Å². The Hall–Kier alpha value is -0.810. The molecular weight excluding hydrogens is 226 g/mol. The molecule has 0 aliphatic carbocycles. The second-order valence-electron chi connectivity index (χ2n) is 2.13. The van der Waals surface area contributed by atoms with Crippen molar-refractivity contribution >= 4 is 17.0 Å². The van der Waals surface area contributed by atoms with Crippen molar-refractivity contribution in [2.24, 2.45) is 0 Å². The van der Waals surface area contributed by atoms with Crippen LogP contribution in [0.4, 0.5) is 0 Å². The van der Waals surface area contributed by atoms with Crippen molar-refractivity contribution < 1.29 is 9.52 Å². The Labute approximate surface area is 80.0 Å². The highest BCUT2D eigenvalue weighted by Gasteiger charge is 1.98. The highest BCUT2D eigenvalue weighted by molar-refractivity contribution is 8.93. The van der Waals surface area contributed by atoms with Crippen LogP contribution in [0, 0.1) is 0 Å². The van der Waals surface area contributed by atoms with Gasteiger partial charge in [-0.25, -0.2) is 0 Å². The van der Waals surface area contributed by atoms with E-state index in [0.29, 0.717) is 12.3 Å². The zero-order valence-electron chi connectivity index (χ0n) is 6.53. The first kappa shape index (κ1) is 11.2. The molecule has 0 aliphatic rings. The molecule has 1 aromatic rings. The van der Waals surface area contributed by atoms with Gasteiger partial charge >= 0.3 is 0 Å². The van der Waals surface area contributed by atoms with Crippen LogP contribution >= 0.6 is 17.0 Å². The summed E-state index contributed by atoms with van der Waals surface area (Å²) in [7, 11) is 1.74. The van der Waals surface area contributed by atoms with Crippen molar-refractivity contribution in [1.29, 1.82) is 0 Å². The fourth-order valence-electron chi connectivity index (χ4n) is 0.711. The van der Waals surface area contributed by atoms with E-state index >= 15 is 0 Å². The third-order valence-corrected chi connectivity index (χ3v) is 1.22. The molecule has 4 nitrogen and oxygen atoms in total. The number of nitrogens with one attached hydrogen (secondary N) is 1. The summed E-state index contributed by atoms with van der Waals surface area (Å²) in [6, 6.07) is 1.26. The maximum atomic E-state index is 10.8. The van der Waals surface area contributed by atoms with Gasteiger partial charge in [-0.15, -0.1) is 17.0 Å². The van der Waals surface area contributed by atoms with Crippen molar-refractivity contribution in [2.75, 3.05) is 7.05 Å². The molecule has 0 bridgehead atoms. The zero-order chi connectivity index (χ0) is 8.27. The van der Waals surface area contributed by atoms with Crippen molar-refractivity contribution in [1.82, 2.24) is 5.32 Å². The molecule has 0 atom stereocenters. The molecule has 0 spiro atoms. The van der Waals surface area contributed by atoms with E-state index in [0.717, 1.165) is 6.26 Å². The van der Waals surface area contributed by atoms with Gasteiger partial charge in [0.2, 0.25) is 5.43 Å². The number of halogens is 1. The monoisotopic (exact) mass is 235 g/mol. The third-order valence-electron chi connectivity index (χ3n) is 1.22. The quantitative estimate of drug-likeness (QED) is 0.791. The average molecular weight is 236 g/mol. The molecule has 12 heavy (non-hydrogen) atoms. The van der Waals surface area contributed by atoms with E-state index in [-0.39, 0.29) is 22.7 Å². The summed E-state index contributed by atoms with van der Waals surface area (Å²) in [5.41, 5.74) is -0.415. The van der Waals surface area contributed by atoms with Gasteiger partial charge in [-0.05, 0) is 7.05 Å². The lowest BCUT2D eigenvalue weighted by atomic mass is 10.4. The van der Waals surface area contributed by atoms with E-state index in [1.165, 1.54) is 6.07 Å². The molecule has 0 radical (unpaired) electrons. The predicted molar refractivity (Wildman–Crippen MR) is 49.7 cm³/mol. The summed E-state index contributed by atoms with van der Waals surface area (Å²) in [6.45, 7) is 0.482. The molecule has 1 rings (SSSR count). The van der Waals surface area contributed by atoms with Crippen LogP contribution in [-0.2, 0) is 6.54 Å². The van der Waals surface area contributed by atoms with Gasteiger partial charge in [0.1, 0.15) is 12.0 Å². The molecule has 1 heterocycles. The first-order chi connectivity index (χ1) is 5.24. The number of hydrogen-bond acceptors (Lipinski definition) is 4. The molecule has 0 fully saturated rings. The standard InChI is InChI=1S/C7H9NO3.BrH/c1-8-3-5-2-6(9)7(10)4-11-5;/h2,4,8,10H,3H2,1H3;1H. The van der Waals surface area contributed by atoms with Gasteiger partial charge in [0.15, 0.2) is 5.75 Å². The molecule has 0 saturated heterocycles. The molecule has 68 valence electrons. The van der Waals surface area contributed by atoms with Gasteiger partial charge in [0.05, 0.1) is 6.54 Å². The van der Waals surface area contributed by atoms with Crippen LogP contribution in [0.1, 0.15) is 5.76 Å². The second kappa shape index (κ2) is 4.95. The third kappa shape index (κ3) is 2.67. The van der Waals surface area contributed by atoms with Crippen molar-refractivity contribution in [2.45, 2.75) is 6.54 Å². The van der Waals surface area contributed by atoms with Crippen LogP contribution in [0.3, 0.4) is 0 Å². The topological polar surface area (TPSA) is 62.5 Å². The summed E-state index contributed by atoms with van der Waals surface area (Å²) < 4.78 is 4.87. The second-order valence-corrected chi connectivity index (χ2v) is 2.13. The van der Waals surface area contributed by atoms with Gasteiger partial charge in [-0.3, -0.25) is 4.79 Å². The molecule has 0 saturated carbocycles. The van der Waals surface area contributed by atoms with Crippen LogP contribution in [0.15, 0.2) is 21.5 Å². The summed E-state index contributed by atoms with van der Waals surface area (Å²) >= 11 is 0. The number of rotatable bonds is 2. The van der Waals surface area contributed by atoms with Crippen LogP contribution < -0.4 is 10.7 Å². The first-order valence-electron chi connectivity index (χ1n) is 3.19. The number of hydrogen-bond donors (Lipinski definition) is 2. The smallest absolute Gasteiger partial charge is 0.226 e. The van der Waals surface area contributed by atoms with E-state index in [4.69, 9.17) is 9.52 Å². The van der Waals surface area contributed by atoms with Gasteiger partial charge in [-0.2, -0.15) is 0 Å². The normalized spacial score (nSPS) is 9.08. The molecular formula is C7H10BrNO3. The lowest BCUT2D eigenvalue weighted by Gasteiger charge is -1.96. The van der Waals surface area contributed by atoms with Crippen molar-refractivity contribution in [3.05, 3.63) is 28.3 Å². The Morgan fingerprint density at radius 3 is 2.83 bits per heavy atom. The predicted octanol–water partition coefficient (Wildman–Crippen LogP) is 0.643. The largest absolute Gasteiger partial charge is 0.502 e. The summed E-state index contributed by atoms with van der Waals surface area (Å²) in [4.78, 5) is 10.8. The molecule has 0 aromatic carbocycles. The van der Waals surface area contributed by atoms with E-state index in [1.807, 2.05) is 0 Å². The Morgan fingerprint density at radius 1 is 1.67 bits per heavy atom. The SMILES string of the molecule is Br.CNCc1cc(=O)c(O)co1. The van der Waals surface area contributed by atoms with Gasteiger partial charge in [0.25, 0.3) is 0 Å². The minimum atomic E-state index is -0.415. The highest BCUT2D eigenvalue weighted by atomic mass is 79.9. The molecule has 2 N–H and O–H groups in total. The molecule has 5 heteroatoms.